The van der Waals surface area contributed by atoms with Gasteiger partial charge in [0.05, 0.1) is 0 Å². The number of carboxylic acids is 4. The van der Waals surface area contributed by atoms with Crippen LogP contribution in [0, 0.1) is 11.8 Å². The summed E-state index contributed by atoms with van der Waals surface area (Å²) in [6.07, 6.45) is 4.21. The van der Waals surface area contributed by atoms with E-state index in [0.717, 1.165) is 35.1 Å². The van der Waals surface area contributed by atoms with E-state index in [1.54, 1.807) is 0 Å². The lowest BCUT2D eigenvalue weighted by molar-refractivity contribution is -0.156. The zero-order valence-electron chi connectivity index (χ0n) is 18.9. The summed E-state index contributed by atoms with van der Waals surface area (Å²) in [4.78, 5) is 43.7. The minimum absolute atomic E-state index is 0.120. The number of benzene rings is 2. The molecule has 2 rings (SSSR count). The van der Waals surface area contributed by atoms with Crippen molar-refractivity contribution in [2.24, 2.45) is 11.8 Å². The molecular weight excluding hydrogens is 440 g/mol. The minimum atomic E-state index is -1.35. The number of carboxylic acid groups (broad SMARTS) is 4. The summed E-state index contributed by atoms with van der Waals surface area (Å²) in [5, 5.41) is 35.6. The SMILES string of the molecule is O=C(O)C(CCCCc1ccc(-c2ccc(CCCCC(C(=O)O)C(=O)O)cc2)cc1)C(=O)O. The van der Waals surface area contributed by atoms with E-state index < -0.39 is 35.7 Å². The summed E-state index contributed by atoms with van der Waals surface area (Å²) in [7, 11) is 0. The summed E-state index contributed by atoms with van der Waals surface area (Å²) in [6, 6.07) is 16.1. The predicted molar refractivity (Wildman–Crippen MR) is 125 cm³/mol. The van der Waals surface area contributed by atoms with Gasteiger partial charge in [-0.05, 0) is 60.8 Å². The van der Waals surface area contributed by atoms with E-state index in [-0.39, 0.29) is 12.8 Å². The third-order valence-electron chi connectivity index (χ3n) is 5.85. The molecule has 0 amide bonds. The lowest BCUT2D eigenvalue weighted by Crippen LogP contribution is -2.23. The second-order valence-electron chi connectivity index (χ2n) is 8.34. The molecule has 0 saturated heterocycles. The molecule has 0 aliphatic rings. The van der Waals surface area contributed by atoms with Gasteiger partial charge in [0.15, 0.2) is 11.8 Å². The van der Waals surface area contributed by atoms with Gasteiger partial charge in [-0.1, -0.05) is 61.4 Å². The molecule has 4 N–H and O–H groups in total. The fourth-order valence-corrected chi connectivity index (χ4v) is 3.79. The lowest BCUT2D eigenvalue weighted by atomic mass is 9.97. The summed E-state index contributed by atoms with van der Waals surface area (Å²) in [5.41, 5.74) is 4.31. The van der Waals surface area contributed by atoms with Gasteiger partial charge in [-0.15, -0.1) is 0 Å². The van der Waals surface area contributed by atoms with Gasteiger partial charge < -0.3 is 20.4 Å². The molecule has 34 heavy (non-hydrogen) atoms. The number of aliphatic carboxylic acids is 4. The predicted octanol–water partition coefficient (Wildman–Crippen LogP) is 4.35. The molecule has 0 bridgehead atoms. The van der Waals surface area contributed by atoms with E-state index in [2.05, 4.69) is 0 Å². The molecule has 2 aromatic rings. The molecule has 0 aliphatic carbocycles. The molecule has 0 saturated carbocycles. The summed E-state index contributed by atoms with van der Waals surface area (Å²) < 4.78 is 0. The number of aryl methyl sites for hydroxylation is 2. The molecule has 0 radical (unpaired) electrons. The first-order valence-electron chi connectivity index (χ1n) is 11.3. The molecule has 0 heterocycles. The molecule has 8 heteroatoms. The monoisotopic (exact) mass is 470 g/mol. The average molecular weight is 471 g/mol. The molecule has 0 unspecified atom stereocenters. The van der Waals surface area contributed by atoms with Crippen molar-refractivity contribution in [1.29, 1.82) is 0 Å². The van der Waals surface area contributed by atoms with Crippen molar-refractivity contribution in [3.05, 3.63) is 59.7 Å². The van der Waals surface area contributed by atoms with Crippen molar-refractivity contribution in [2.45, 2.75) is 51.4 Å². The zero-order valence-corrected chi connectivity index (χ0v) is 18.9. The van der Waals surface area contributed by atoms with Gasteiger partial charge in [0.2, 0.25) is 0 Å². The molecule has 182 valence electrons. The van der Waals surface area contributed by atoms with Gasteiger partial charge in [-0.3, -0.25) is 19.2 Å². The molecule has 0 aromatic heterocycles. The number of carbonyl (C=O) groups is 4. The van der Waals surface area contributed by atoms with E-state index in [1.807, 2.05) is 48.5 Å². The van der Waals surface area contributed by atoms with Crippen molar-refractivity contribution < 1.29 is 39.6 Å². The molecule has 2 aromatic carbocycles. The maximum absolute atomic E-state index is 10.9. The van der Waals surface area contributed by atoms with Crippen LogP contribution in [0.3, 0.4) is 0 Å². The molecule has 0 fully saturated rings. The highest BCUT2D eigenvalue weighted by Crippen LogP contribution is 2.22. The smallest absolute Gasteiger partial charge is 0.317 e. The topological polar surface area (TPSA) is 149 Å². The molecule has 8 nitrogen and oxygen atoms in total. The van der Waals surface area contributed by atoms with Crippen LogP contribution in [0.2, 0.25) is 0 Å². The van der Waals surface area contributed by atoms with Crippen LogP contribution in [0.4, 0.5) is 0 Å². The van der Waals surface area contributed by atoms with Gasteiger partial charge in [-0.2, -0.15) is 0 Å². The normalized spacial score (nSPS) is 11.0. The Morgan fingerprint density at radius 1 is 0.500 bits per heavy atom. The summed E-state index contributed by atoms with van der Waals surface area (Å²) in [5.74, 6) is -7.89. The third kappa shape index (κ3) is 8.35. The van der Waals surface area contributed by atoms with Gasteiger partial charge in [0.1, 0.15) is 0 Å². The van der Waals surface area contributed by atoms with Crippen molar-refractivity contribution >= 4 is 23.9 Å². The number of unbranched alkanes of at least 4 members (excludes halogenated alkanes) is 2. The number of hydrogen-bond donors (Lipinski definition) is 4. The Morgan fingerprint density at radius 3 is 1.06 bits per heavy atom. The zero-order chi connectivity index (χ0) is 25.1. The third-order valence-corrected chi connectivity index (χ3v) is 5.85. The molecule has 0 aliphatic heterocycles. The standard InChI is InChI=1S/C26H30O8/c27-23(28)21(24(29)30)7-3-1-5-17-9-13-19(14-10-17)20-15-11-18(12-16-20)6-2-4-8-22(25(31)32)26(33)34/h9-16,21-22H,1-8H2,(H,27,28)(H,29,30)(H,31,32)(H,33,34). The van der Waals surface area contributed by atoms with Gasteiger partial charge in [0.25, 0.3) is 0 Å². The van der Waals surface area contributed by atoms with Gasteiger partial charge in [0, 0.05) is 0 Å². The Bertz CT molecular complexity index is 869. The highest BCUT2D eigenvalue weighted by Gasteiger charge is 2.25. The van der Waals surface area contributed by atoms with E-state index >= 15 is 0 Å². The molecule has 0 spiro atoms. The van der Waals surface area contributed by atoms with Crippen LogP contribution >= 0.6 is 0 Å². The summed E-state index contributed by atoms with van der Waals surface area (Å²) >= 11 is 0. The fourth-order valence-electron chi connectivity index (χ4n) is 3.79. The Labute approximate surface area is 197 Å². The van der Waals surface area contributed by atoms with Crippen molar-refractivity contribution in [3.8, 4) is 11.1 Å². The largest absolute Gasteiger partial charge is 0.481 e. The van der Waals surface area contributed by atoms with Crippen LogP contribution < -0.4 is 0 Å². The van der Waals surface area contributed by atoms with Crippen molar-refractivity contribution in [3.63, 3.8) is 0 Å². The summed E-state index contributed by atoms with van der Waals surface area (Å²) in [6.45, 7) is 0. The molecular formula is C26H30O8. The van der Waals surface area contributed by atoms with Crippen LogP contribution in [0.25, 0.3) is 11.1 Å². The first-order chi connectivity index (χ1) is 16.2. The van der Waals surface area contributed by atoms with Crippen LogP contribution in [0.1, 0.15) is 49.7 Å². The Balaban J connectivity index is 1.79. The van der Waals surface area contributed by atoms with Crippen LogP contribution in [-0.2, 0) is 32.0 Å². The number of rotatable bonds is 15. The van der Waals surface area contributed by atoms with Gasteiger partial charge >= 0.3 is 23.9 Å². The maximum Gasteiger partial charge on any atom is 0.317 e. The highest BCUT2D eigenvalue weighted by atomic mass is 16.4. The minimum Gasteiger partial charge on any atom is -0.481 e. The number of hydrogen-bond acceptors (Lipinski definition) is 4. The van der Waals surface area contributed by atoms with E-state index in [1.165, 1.54) is 0 Å². The first kappa shape index (κ1) is 26.6. The Morgan fingerprint density at radius 2 is 0.794 bits per heavy atom. The van der Waals surface area contributed by atoms with Crippen LogP contribution in [-0.4, -0.2) is 44.3 Å². The molecule has 0 atom stereocenters. The van der Waals surface area contributed by atoms with E-state index in [4.69, 9.17) is 20.4 Å². The van der Waals surface area contributed by atoms with Crippen molar-refractivity contribution in [1.82, 2.24) is 0 Å². The van der Waals surface area contributed by atoms with E-state index in [9.17, 15) is 19.2 Å². The van der Waals surface area contributed by atoms with Crippen LogP contribution in [0.15, 0.2) is 48.5 Å². The highest BCUT2D eigenvalue weighted by molar-refractivity contribution is 5.93. The Kier molecular flexibility index (Phi) is 10.3. The maximum atomic E-state index is 10.9. The first-order valence-corrected chi connectivity index (χ1v) is 11.3. The van der Waals surface area contributed by atoms with Crippen molar-refractivity contribution in [2.75, 3.05) is 0 Å². The average Bonchev–Trinajstić information content (AvgIpc) is 2.78. The second kappa shape index (κ2) is 13.1. The Hall–Kier alpha value is -3.68. The van der Waals surface area contributed by atoms with Gasteiger partial charge in [-0.25, -0.2) is 0 Å². The van der Waals surface area contributed by atoms with E-state index in [0.29, 0.717) is 25.7 Å². The lowest BCUT2D eigenvalue weighted by Gasteiger charge is -2.09. The fraction of sp³-hybridized carbons (Fsp3) is 0.385. The second-order valence-corrected chi connectivity index (χ2v) is 8.34. The van der Waals surface area contributed by atoms with Crippen LogP contribution in [0.5, 0.6) is 0 Å². The quantitative estimate of drug-likeness (QED) is 0.222.